The molecule has 0 aliphatic carbocycles. The highest BCUT2D eigenvalue weighted by Gasteiger charge is 2.04. The average molecular weight is 299 g/mol. The summed E-state index contributed by atoms with van der Waals surface area (Å²) < 4.78 is 1.67. The van der Waals surface area contributed by atoms with Crippen LogP contribution in [0.3, 0.4) is 0 Å². The summed E-state index contributed by atoms with van der Waals surface area (Å²) in [6.07, 6.45) is 3.71. The van der Waals surface area contributed by atoms with Crippen molar-refractivity contribution in [2.75, 3.05) is 11.1 Å². The van der Waals surface area contributed by atoms with Gasteiger partial charge in [-0.2, -0.15) is 0 Å². The number of para-hydroxylation sites is 2. The Morgan fingerprint density at radius 2 is 2.00 bits per heavy atom. The van der Waals surface area contributed by atoms with Gasteiger partial charge in [-0.25, -0.2) is 0 Å². The maximum absolute atomic E-state index is 11.9. The van der Waals surface area contributed by atoms with Gasteiger partial charge < -0.3 is 15.6 Å². The summed E-state index contributed by atoms with van der Waals surface area (Å²) in [4.78, 5) is 23.6. The van der Waals surface area contributed by atoms with Gasteiger partial charge in [-0.15, -0.1) is 0 Å². The fourth-order valence-corrected chi connectivity index (χ4v) is 2.18. The van der Waals surface area contributed by atoms with Crippen LogP contribution in [0.15, 0.2) is 47.4 Å². The van der Waals surface area contributed by atoms with Gasteiger partial charge in [-0.3, -0.25) is 9.59 Å². The van der Waals surface area contributed by atoms with E-state index in [1.54, 1.807) is 29.0 Å². The lowest BCUT2D eigenvalue weighted by molar-refractivity contribution is -0.116. The molecule has 0 aliphatic heterocycles. The highest BCUT2D eigenvalue weighted by Crippen LogP contribution is 2.17. The second-order valence-electron chi connectivity index (χ2n) is 5.33. The topological polar surface area (TPSA) is 77.1 Å². The monoisotopic (exact) mass is 299 g/mol. The fourth-order valence-electron chi connectivity index (χ4n) is 2.18. The molecule has 5 heteroatoms. The van der Waals surface area contributed by atoms with Gasteiger partial charge >= 0.3 is 0 Å². The molecule has 0 unspecified atom stereocenters. The first-order valence-electron chi connectivity index (χ1n) is 7.38. The minimum absolute atomic E-state index is 0.00140. The van der Waals surface area contributed by atoms with Crippen molar-refractivity contribution in [2.24, 2.45) is 0 Å². The lowest BCUT2D eigenvalue weighted by atomic mass is 10.2. The van der Waals surface area contributed by atoms with E-state index in [0.29, 0.717) is 24.3 Å². The van der Waals surface area contributed by atoms with Gasteiger partial charge in [0.1, 0.15) is 0 Å². The van der Waals surface area contributed by atoms with Crippen molar-refractivity contribution in [1.82, 2.24) is 4.57 Å². The maximum atomic E-state index is 11.9. The van der Waals surface area contributed by atoms with Crippen molar-refractivity contribution in [3.63, 3.8) is 0 Å². The zero-order chi connectivity index (χ0) is 15.9. The first-order valence-corrected chi connectivity index (χ1v) is 7.38. The average Bonchev–Trinajstić information content (AvgIpc) is 2.48. The number of rotatable bonds is 6. The number of pyridine rings is 1. The van der Waals surface area contributed by atoms with Crippen LogP contribution >= 0.6 is 0 Å². The molecule has 0 atom stereocenters. The Morgan fingerprint density at radius 1 is 1.23 bits per heavy atom. The Balaban J connectivity index is 1.76. The molecule has 0 saturated carbocycles. The lowest BCUT2D eigenvalue weighted by Gasteiger charge is -2.08. The number of anilines is 2. The second kappa shape index (κ2) is 7.45. The molecule has 0 bridgehead atoms. The van der Waals surface area contributed by atoms with Gasteiger partial charge in [0.2, 0.25) is 5.91 Å². The van der Waals surface area contributed by atoms with E-state index in [9.17, 15) is 9.59 Å². The second-order valence-corrected chi connectivity index (χ2v) is 5.33. The smallest absolute Gasteiger partial charge is 0.250 e. The molecule has 22 heavy (non-hydrogen) atoms. The molecule has 5 nitrogen and oxygen atoms in total. The largest absolute Gasteiger partial charge is 0.397 e. The quantitative estimate of drug-likeness (QED) is 0.635. The predicted molar refractivity (Wildman–Crippen MR) is 88.8 cm³/mol. The van der Waals surface area contributed by atoms with E-state index in [2.05, 4.69) is 5.32 Å². The Bertz CT molecular complexity index is 707. The number of carbonyl (C=O) groups excluding carboxylic acids is 1. The number of nitrogens with one attached hydrogen (secondary N) is 1. The van der Waals surface area contributed by atoms with E-state index in [1.807, 2.05) is 25.1 Å². The minimum Gasteiger partial charge on any atom is -0.397 e. The molecule has 3 N–H and O–H groups in total. The molecular formula is C17H21N3O2. The van der Waals surface area contributed by atoms with Gasteiger partial charge in [-0.05, 0) is 43.5 Å². The van der Waals surface area contributed by atoms with Crippen LogP contribution in [0.25, 0.3) is 0 Å². The van der Waals surface area contributed by atoms with Gasteiger partial charge in [0.25, 0.3) is 5.56 Å². The Kier molecular flexibility index (Phi) is 5.36. The standard InChI is InChI=1S/C17H21N3O2/c1-13-9-11-20(17(22)12-13)10-5-4-8-16(21)19-15-7-3-2-6-14(15)18/h2-3,6-7,9,11-12H,4-5,8,10,18H2,1H3,(H,19,21). The normalized spacial score (nSPS) is 10.4. The van der Waals surface area contributed by atoms with Gasteiger partial charge in [-0.1, -0.05) is 12.1 Å². The lowest BCUT2D eigenvalue weighted by Crippen LogP contribution is -2.19. The van der Waals surface area contributed by atoms with Crippen LogP contribution in [0.4, 0.5) is 11.4 Å². The number of nitrogens with zero attached hydrogens (tertiary/aromatic N) is 1. The summed E-state index contributed by atoms with van der Waals surface area (Å²) in [6, 6.07) is 10.7. The minimum atomic E-state index is -0.0610. The van der Waals surface area contributed by atoms with Gasteiger partial charge in [0.05, 0.1) is 11.4 Å². The Morgan fingerprint density at radius 3 is 2.73 bits per heavy atom. The van der Waals surface area contributed by atoms with Crippen LogP contribution in [0.5, 0.6) is 0 Å². The van der Waals surface area contributed by atoms with E-state index in [1.165, 1.54) is 0 Å². The van der Waals surface area contributed by atoms with Crippen molar-refractivity contribution in [3.8, 4) is 0 Å². The molecule has 116 valence electrons. The first-order chi connectivity index (χ1) is 10.6. The van der Waals surface area contributed by atoms with Crippen LogP contribution in [0.1, 0.15) is 24.8 Å². The Labute approximate surface area is 129 Å². The summed E-state index contributed by atoms with van der Waals surface area (Å²) >= 11 is 0. The van der Waals surface area contributed by atoms with Crippen molar-refractivity contribution in [2.45, 2.75) is 32.7 Å². The number of carbonyl (C=O) groups is 1. The van der Waals surface area contributed by atoms with Crippen molar-refractivity contribution >= 4 is 17.3 Å². The summed E-state index contributed by atoms with van der Waals surface area (Å²) in [5.74, 6) is -0.0610. The molecule has 0 spiro atoms. The molecule has 1 amide bonds. The summed E-state index contributed by atoms with van der Waals surface area (Å²) in [7, 11) is 0. The van der Waals surface area contributed by atoms with Crippen LogP contribution in [-0.4, -0.2) is 10.5 Å². The highest BCUT2D eigenvalue weighted by molar-refractivity contribution is 5.93. The zero-order valence-electron chi connectivity index (χ0n) is 12.7. The van der Waals surface area contributed by atoms with E-state index < -0.39 is 0 Å². The van der Waals surface area contributed by atoms with Gasteiger partial charge in [0, 0.05) is 25.2 Å². The zero-order valence-corrected chi connectivity index (χ0v) is 12.7. The van der Waals surface area contributed by atoms with E-state index in [0.717, 1.165) is 18.4 Å². The molecule has 0 saturated heterocycles. The summed E-state index contributed by atoms with van der Waals surface area (Å²) in [5, 5.41) is 2.80. The van der Waals surface area contributed by atoms with E-state index in [-0.39, 0.29) is 11.5 Å². The molecule has 1 aromatic carbocycles. The molecule has 0 aliphatic rings. The molecule has 0 radical (unpaired) electrons. The SMILES string of the molecule is Cc1ccn(CCCCC(=O)Nc2ccccc2N)c(=O)c1. The highest BCUT2D eigenvalue weighted by atomic mass is 16.1. The molecule has 1 aromatic heterocycles. The molecule has 2 aromatic rings. The van der Waals surface area contributed by atoms with Crippen LogP contribution in [0, 0.1) is 6.92 Å². The van der Waals surface area contributed by atoms with Gasteiger partial charge in [0.15, 0.2) is 0 Å². The number of nitrogens with two attached hydrogens (primary N) is 1. The number of benzene rings is 1. The molecule has 2 rings (SSSR count). The molecule has 1 heterocycles. The number of aromatic nitrogens is 1. The number of nitrogen functional groups attached to an aromatic ring is 1. The fraction of sp³-hybridized carbons (Fsp3) is 0.294. The number of hydrogen-bond donors (Lipinski definition) is 2. The number of hydrogen-bond acceptors (Lipinski definition) is 3. The maximum Gasteiger partial charge on any atom is 0.250 e. The van der Waals surface area contributed by atoms with Crippen LogP contribution in [0.2, 0.25) is 0 Å². The van der Waals surface area contributed by atoms with E-state index >= 15 is 0 Å². The summed E-state index contributed by atoms with van der Waals surface area (Å²) in [5.41, 5.74) is 7.93. The Hall–Kier alpha value is -2.56. The first kappa shape index (κ1) is 15.8. The third-order valence-corrected chi connectivity index (χ3v) is 3.44. The summed E-state index contributed by atoms with van der Waals surface area (Å²) in [6.45, 7) is 2.52. The van der Waals surface area contributed by atoms with Crippen molar-refractivity contribution < 1.29 is 4.79 Å². The van der Waals surface area contributed by atoms with Crippen molar-refractivity contribution in [1.29, 1.82) is 0 Å². The molecular weight excluding hydrogens is 278 g/mol. The van der Waals surface area contributed by atoms with Crippen molar-refractivity contribution in [3.05, 3.63) is 58.5 Å². The number of amides is 1. The third kappa shape index (κ3) is 4.48. The number of aryl methyl sites for hydroxylation is 2. The third-order valence-electron chi connectivity index (χ3n) is 3.44. The molecule has 0 fully saturated rings. The predicted octanol–water partition coefficient (Wildman–Crippen LogP) is 2.55. The van der Waals surface area contributed by atoms with E-state index in [4.69, 9.17) is 5.73 Å². The van der Waals surface area contributed by atoms with Crippen LogP contribution < -0.4 is 16.6 Å². The number of unbranched alkanes of at least 4 members (excludes halogenated alkanes) is 1. The van der Waals surface area contributed by atoms with Crippen LogP contribution in [-0.2, 0) is 11.3 Å².